The van der Waals surface area contributed by atoms with Crippen molar-refractivity contribution in [1.29, 1.82) is 0 Å². The normalized spacial score (nSPS) is 11.7. The summed E-state index contributed by atoms with van der Waals surface area (Å²) in [6.45, 7) is 0.00741. The number of H-pyrrole nitrogens is 1. The second-order valence-corrected chi connectivity index (χ2v) is 7.47. The molecule has 0 atom stereocenters. The van der Waals surface area contributed by atoms with E-state index in [2.05, 4.69) is 25.6 Å². The lowest BCUT2D eigenvalue weighted by Crippen LogP contribution is -2.24. The lowest BCUT2D eigenvalue weighted by molar-refractivity contribution is 0.580. The number of aromatic amines is 1. The SMILES string of the molecule is O=c1[nH]c(CNS(=O)(=O)c2ccc(Br)cc2Cl)cs1. The van der Waals surface area contributed by atoms with E-state index in [-0.39, 0.29) is 21.3 Å². The maximum atomic E-state index is 12.0. The van der Waals surface area contributed by atoms with Gasteiger partial charge in [-0.1, -0.05) is 38.9 Å². The molecule has 0 unspecified atom stereocenters. The highest BCUT2D eigenvalue weighted by atomic mass is 79.9. The second-order valence-electron chi connectivity index (χ2n) is 3.57. The van der Waals surface area contributed by atoms with Crippen LogP contribution in [0.1, 0.15) is 5.69 Å². The highest BCUT2D eigenvalue weighted by Gasteiger charge is 2.17. The van der Waals surface area contributed by atoms with Gasteiger partial charge in [0.15, 0.2) is 0 Å². The van der Waals surface area contributed by atoms with Gasteiger partial charge in [0.05, 0.1) is 11.6 Å². The van der Waals surface area contributed by atoms with E-state index in [0.29, 0.717) is 10.2 Å². The molecule has 2 N–H and O–H groups in total. The minimum Gasteiger partial charge on any atom is -0.315 e. The van der Waals surface area contributed by atoms with Gasteiger partial charge in [-0.25, -0.2) is 13.1 Å². The summed E-state index contributed by atoms with van der Waals surface area (Å²) in [5, 5.41) is 1.69. The van der Waals surface area contributed by atoms with Gasteiger partial charge < -0.3 is 4.98 Å². The summed E-state index contributed by atoms with van der Waals surface area (Å²) in [7, 11) is -3.72. The molecule has 1 aromatic carbocycles. The molecule has 0 fully saturated rings. The fourth-order valence-electron chi connectivity index (χ4n) is 1.34. The summed E-state index contributed by atoms with van der Waals surface area (Å²) >= 11 is 10.1. The Morgan fingerprint density at radius 3 is 2.74 bits per heavy atom. The molecule has 2 rings (SSSR count). The largest absolute Gasteiger partial charge is 0.315 e. The van der Waals surface area contributed by atoms with Gasteiger partial charge in [0, 0.05) is 15.5 Å². The first-order chi connectivity index (χ1) is 8.88. The summed E-state index contributed by atoms with van der Waals surface area (Å²) in [6, 6.07) is 4.50. The van der Waals surface area contributed by atoms with E-state index < -0.39 is 10.0 Å². The van der Waals surface area contributed by atoms with Gasteiger partial charge in [0.2, 0.25) is 10.0 Å². The van der Waals surface area contributed by atoms with E-state index >= 15 is 0 Å². The Hall–Kier alpha value is -0.670. The Kier molecular flexibility index (Phi) is 4.46. The number of nitrogens with one attached hydrogen (secondary N) is 2. The molecule has 0 bridgehead atoms. The van der Waals surface area contributed by atoms with Crippen molar-refractivity contribution in [2.24, 2.45) is 0 Å². The molecule has 102 valence electrons. The molecular weight excluding hydrogens is 376 g/mol. The van der Waals surface area contributed by atoms with Gasteiger partial charge in [-0.15, -0.1) is 0 Å². The van der Waals surface area contributed by atoms with Crippen LogP contribution in [-0.2, 0) is 16.6 Å². The minimum absolute atomic E-state index is 0.00468. The molecule has 9 heteroatoms. The van der Waals surface area contributed by atoms with Gasteiger partial charge in [0.25, 0.3) is 0 Å². The smallest absolute Gasteiger partial charge is 0.304 e. The second kappa shape index (κ2) is 5.76. The van der Waals surface area contributed by atoms with Gasteiger partial charge in [-0.05, 0) is 18.2 Å². The van der Waals surface area contributed by atoms with Crippen LogP contribution in [0.4, 0.5) is 0 Å². The number of hydrogen-bond acceptors (Lipinski definition) is 4. The zero-order chi connectivity index (χ0) is 14.0. The average Bonchev–Trinajstić information content (AvgIpc) is 2.72. The fraction of sp³-hybridized carbons (Fsp3) is 0.100. The molecule has 1 heterocycles. The number of halogens is 2. The van der Waals surface area contributed by atoms with Crippen LogP contribution in [0.5, 0.6) is 0 Å². The number of rotatable bonds is 4. The molecule has 0 radical (unpaired) electrons. The van der Waals surface area contributed by atoms with Crippen molar-refractivity contribution in [3.63, 3.8) is 0 Å². The molecule has 2 aromatic rings. The Morgan fingerprint density at radius 1 is 1.42 bits per heavy atom. The van der Waals surface area contributed by atoms with Gasteiger partial charge in [-0.2, -0.15) is 0 Å². The Morgan fingerprint density at radius 2 is 2.16 bits per heavy atom. The predicted octanol–water partition coefficient (Wildman–Crippen LogP) is 2.33. The quantitative estimate of drug-likeness (QED) is 0.850. The molecule has 0 saturated heterocycles. The Labute approximate surface area is 126 Å². The van der Waals surface area contributed by atoms with Crippen LogP contribution in [0.3, 0.4) is 0 Å². The predicted molar refractivity (Wildman–Crippen MR) is 78.1 cm³/mol. The third-order valence-electron chi connectivity index (χ3n) is 2.21. The average molecular weight is 384 g/mol. The minimum atomic E-state index is -3.72. The molecule has 1 aromatic heterocycles. The van der Waals surface area contributed by atoms with Crippen LogP contribution in [0.25, 0.3) is 0 Å². The summed E-state index contributed by atoms with van der Waals surface area (Å²) in [5.74, 6) is 0. The lowest BCUT2D eigenvalue weighted by Gasteiger charge is -2.07. The summed E-state index contributed by atoms with van der Waals surface area (Å²) < 4.78 is 27.2. The maximum Gasteiger partial charge on any atom is 0.304 e. The van der Waals surface area contributed by atoms with Gasteiger partial charge in [-0.3, -0.25) is 4.79 Å². The van der Waals surface area contributed by atoms with Crippen molar-refractivity contribution in [3.05, 3.63) is 48.4 Å². The van der Waals surface area contributed by atoms with Gasteiger partial charge >= 0.3 is 4.87 Å². The zero-order valence-electron chi connectivity index (χ0n) is 9.31. The topological polar surface area (TPSA) is 79.0 Å². The van der Waals surface area contributed by atoms with Gasteiger partial charge in [0.1, 0.15) is 4.90 Å². The van der Waals surface area contributed by atoms with E-state index in [1.165, 1.54) is 12.1 Å². The van der Waals surface area contributed by atoms with Crippen molar-refractivity contribution in [1.82, 2.24) is 9.71 Å². The van der Waals surface area contributed by atoms with E-state index in [4.69, 9.17) is 11.6 Å². The van der Waals surface area contributed by atoms with Crippen LogP contribution in [-0.4, -0.2) is 13.4 Å². The van der Waals surface area contributed by atoms with Crippen LogP contribution in [0, 0.1) is 0 Å². The van der Waals surface area contributed by atoms with Crippen LogP contribution in [0.15, 0.2) is 37.7 Å². The Balaban J connectivity index is 2.20. The highest BCUT2D eigenvalue weighted by Crippen LogP contribution is 2.25. The Bertz CT molecular complexity index is 754. The summed E-state index contributed by atoms with van der Waals surface area (Å²) in [4.78, 5) is 13.2. The molecule has 0 amide bonds. The standard InChI is InChI=1S/C10H8BrClN2O3S2/c11-6-1-2-9(8(12)3-6)19(16,17)13-4-7-5-18-10(15)14-7/h1-3,5,13H,4H2,(H,14,15). The monoisotopic (exact) mass is 382 g/mol. The number of benzene rings is 1. The number of aromatic nitrogens is 1. The molecule has 0 aliphatic rings. The first-order valence-electron chi connectivity index (χ1n) is 5.00. The zero-order valence-corrected chi connectivity index (χ0v) is 13.3. The van der Waals surface area contributed by atoms with E-state index in [0.717, 1.165) is 11.3 Å². The van der Waals surface area contributed by atoms with E-state index in [1.54, 1.807) is 11.4 Å². The molecule has 5 nitrogen and oxygen atoms in total. The molecule has 0 saturated carbocycles. The maximum absolute atomic E-state index is 12.0. The van der Waals surface area contributed by atoms with Crippen molar-refractivity contribution in [2.45, 2.75) is 11.4 Å². The third kappa shape index (κ3) is 3.67. The van der Waals surface area contributed by atoms with E-state index in [1.807, 2.05) is 0 Å². The number of sulfonamides is 1. The third-order valence-corrected chi connectivity index (χ3v) is 5.30. The molecule has 0 spiro atoms. The summed E-state index contributed by atoms with van der Waals surface area (Å²) in [5.41, 5.74) is 0.506. The van der Waals surface area contributed by atoms with Crippen molar-refractivity contribution in [2.75, 3.05) is 0 Å². The van der Waals surface area contributed by atoms with Crippen LogP contribution < -0.4 is 9.60 Å². The van der Waals surface area contributed by atoms with E-state index in [9.17, 15) is 13.2 Å². The molecular formula is C10H8BrClN2O3S2. The molecule has 0 aliphatic heterocycles. The first-order valence-corrected chi connectivity index (χ1v) is 8.53. The number of hydrogen-bond donors (Lipinski definition) is 2. The van der Waals surface area contributed by atoms with Crippen molar-refractivity contribution < 1.29 is 8.42 Å². The lowest BCUT2D eigenvalue weighted by atomic mass is 10.4. The first kappa shape index (κ1) is 14.7. The van der Waals surface area contributed by atoms with Crippen molar-refractivity contribution >= 4 is 48.9 Å². The van der Waals surface area contributed by atoms with Crippen LogP contribution >= 0.6 is 38.9 Å². The molecule has 19 heavy (non-hydrogen) atoms. The highest BCUT2D eigenvalue weighted by molar-refractivity contribution is 9.10. The van der Waals surface area contributed by atoms with Crippen molar-refractivity contribution in [3.8, 4) is 0 Å². The fourth-order valence-corrected chi connectivity index (χ4v) is 3.97. The molecule has 0 aliphatic carbocycles. The summed E-state index contributed by atoms with van der Waals surface area (Å²) in [6.07, 6.45) is 0. The van der Waals surface area contributed by atoms with Crippen LogP contribution in [0.2, 0.25) is 5.02 Å². The number of thiazole rings is 1.